The van der Waals surface area contributed by atoms with Crippen LogP contribution in [0.1, 0.15) is 24.0 Å². The number of benzene rings is 1. The fraction of sp³-hybridized carbons (Fsp3) is 0.571. The van der Waals surface area contributed by atoms with Gasteiger partial charge in [0.2, 0.25) is 0 Å². The average Bonchev–Trinajstić information content (AvgIpc) is 2.67. The number of nitrogens with two attached hydrogens (primary N) is 1. The highest BCUT2D eigenvalue weighted by molar-refractivity contribution is 7.91. The van der Waals surface area contributed by atoms with Crippen LogP contribution in [0.15, 0.2) is 24.3 Å². The molecule has 1 aromatic rings. The minimum Gasteiger partial charge on any atom is -0.327 e. The van der Waals surface area contributed by atoms with E-state index in [0.29, 0.717) is 24.8 Å². The third kappa shape index (κ3) is 4.71. The molecule has 2 atom stereocenters. The lowest BCUT2D eigenvalue weighted by Gasteiger charge is -2.16. The first kappa shape index (κ1) is 16.3. The van der Waals surface area contributed by atoms with Gasteiger partial charge in [0.25, 0.3) is 0 Å². The lowest BCUT2D eigenvalue weighted by molar-refractivity contribution is -0.137. The van der Waals surface area contributed by atoms with Crippen molar-refractivity contribution in [1.82, 2.24) is 0 Å². The van der Waals surface area contributed by atoms with Crippen molar-refractivity contribution in [3.63, 3.8) is 0 Å². The molecule has 0 aliphatic carbocycles. The fourth-order valence-electron chi connectivity index (χ4n) is 2.75. The Hall–Kier alpha value is -1.08. The summed E-state index contributed by atoms with van der Waals surface area (Å²) in [5.74, 6) is 0.354. The normalized spacial score (nSPS) is 23.1. The van der Waals surface area contributed by atoms with Crippen LogP contribution in [0, 0.1) is 5.92 Å². The highest BCUT2D eigenvalue weighted by Crippen LogP contribution is 2.30. The lowest BCUT2D eigenvalue weighted by Crippen LogP contribution is -2.26. The highest BCUT2D eigenvalue weighted by atomic mass is 32.2. The van der Waals surface area contributed by atoms with Crippen molar-refractivity contribution in [2.24, 2.45) is 11.7 Å². The Morgan fingerprint density at radius 1 is 1.33 bits per heavy atom. The molecule has 1 aliphatic rings. The van der Waals surface area contributed by atoms with Gasteiger partial charge in [-0.05, 0) is 36.8 Å². The maximum absolute atomic E-state index is 12.6. The molecule has 7 heteroatoms. The molecule has 1 heterocycles. The highest BCUT2D eigenvalue weighted by Gasteiger charge is 2.31. The summed E-state index contributed by atoms with van der Waals surface area (Å²) >= 11 is 0. The van der Waals surface area contributed by atoms with Gasteiger partial charge in [-0.1, -0.05) is 18.2 Å². The third-order valence-corrected chi connectivity index (χ3v) is 5.55. The summed E-state index contributed by atoms with van der Waals surface area (Å²) in [5.41, 5.74) is 5.80. The van der Waals surface area contributed by atoms with E-state index in [0.717, 1.165) is 12.1 Å². The number of sulfone groups is 1. The first-order valence-electron chi connectivity index (χ1n) is 6.78. The van der Waals surface area contributed by atoms with Crippen LogP contribution in [0.4, 0.5) is 13.2 Å². The van der Waals surface area contributed by atoms with Crippen LogP contribution in [0.25, 0.3) is 0 Å². The molecule has 2 N–H and O–H groups in total. The molecule has 21 heavy (non-hydrogen) atoms. The van der Waals surface area contributed by atoms with Crippen molar-refractivity contribution in [3.05, 3.63) is 35.4 Å². The summed E-state index contributed by atoms with van der Waals surface area (Å²) in [4.78, 5) is 0. The van der Waals surface area contributed by atoms with Gasteiger partial charge in [-0.3, -0.25) is 0 Å². The van der Waals surface area contributed by atoms with Crippen LogP contribution in [-0.4, -0.2) is 26.0 Å². The largest absolute Gasteiger partial charge is 0.416 e. The zero-order valence-corrected chi connectivity index (χ0v) is 12.3. The fourth-order valence-corrected chi connectivity index (χ4v) is 4.63. The number of halogens is 3. The predicted molar refractivity (Wildman–Crippen MR) is 74.5 cm³/mol. The predicted octanol–water partition coefficient (Wildman–Crippen LogP) is 2.40. The molecule has 1 fully saturated rings. The number of hydrogen-bond donors (Lipinski definition) is 1. The van der Waals surface area contributed by atoms with Gasteiger partial charge in [0.05, 0.1) is 17.1 Å². The molecule has 3 nitrogen and oxygen atoms in total. The van der Waals surface area contributed by atoms with Gasteiger partial charge < -0.3 is 5.73 Å². The molecule has 0 radical (unpaired) electrons. The Bertz CT molecular complexity index is 598. The second-order valence-corrected chi connectivity index (χ2v) is 7.90. The van der Waals surface area contributed by atoms with Crippen LogP contribution >= 0.6 is 0 Å². The van der Waals surface area contributed by atoms with Crippen LogP contribution in [0.2, 0.25) is 0 Å². The van der Waals surface area contributed by atoms with E-state index < -0.39 is 21.6 Å². The average molecular weight is 321 g/mol. The lowest BCUT2D eigenvalue weighted by atomic mass is 9.94. The Morgan fingerprint density at radius 2 is 2.05 bits per heavy atom. The summed E-state index contributed by atoms with van der Waals surface area (Å²) in [6.07, 6.45) is -2.92. The Kier molecular flexibility index (Phi) is 4.63. The molecule has 2 unspecified atom stereocenters. The molecule has 0 spiro atoms. The van der Waals surface area contributed by atoms with E-state index in [1.807, 2.05) is 0 Å². The van der Waals surface area contributed by atoms with Gasteiger partial charge in [0.15, 0.2) is 9.84 Å². The molecule has 118 valence electrons. The molecular weight excluding hydrogens is 303 g/mol. The van der Waals surface area contributed by atoms with E-state index >= 15 is 0 Å². The second kappa shape index (κ2) is 5.96. The molecule has 0 bridgehead atoms. The van der Waals surface area contributed by atoms with E-state index in [2.05, 4.69) is 0 Å². The second-order valence-electron chi connectivity index (χ2n) is 5.67. The van der Waals surface area contributed by atoms with Gasteiger partial charge >= 0.3 is 6.18 Å². The molecule has 0 aromatic heterocycles. The number of rotatable bonds is 4. The van der Waals surface area contributed by atoms with Gasteiger partial charge in [0, 0.05) is 6.04 Å². The zero-order valence-electron chi connectivity index (χ0n) is 11.4. The molecule has 2 rings (SSSR count). The first-order chi connectivity index (χ1) is 9.66. The van der Waals surface area contributed by atoms with Crippen molar-refractivity contribution in [2.75, 3.05) is 11.5 Å². The van der Waals surface area contributed by atoms with Crippen LogP contribution in [-0.2, 0) is 22.4 Å². The molecule has 0 amide bonds. The van der Waals surface area contributed by atoms with Gasteiger partial charge in [-0.25, -0.2) is 8.42 Å². The smallest absolute Gasteiger partial charge is 0.327 e. The maximum atomic E-state index is 12.6. The van der Waals surface area contributed by atoms with E-state index in [1.54, 1.807) is 6.07 Å². The van der Waals surface area contributed by atoms with E-state index in [-0.39, 0.29) is 23.5 Å². The summed E-state index contributed by atoms with van der Waals surface area (Å²) in [5, 5.41) is 0. The Labute approximate surface area is 122 Å². The quantitative estimate of drug-likeness (QED) is 0.926. The number of hydrogen-bond acceptors (Lipinski definition) is 3. The minimum absolute atomic E-state index is 0.0239. The van der Waals surface area contributed by atoms with Gasteiger partial charge in [0.1, 0.15) is 0 Å². The minimum atomic E-state index is -4.36. The standard InChI is InChI=1S/C14H18F3NO2S/c15-14(16,17)12-3-1-2-10(6-12)7-13(18)8-11-4-5-21(19,20)9-11/h1-3,6,11,13H,4-5,7-9,18H2. The summed E-state index contributed by atoms with van der Waals surface area (Å²) in [6.45, 7) is 0. The SMILES string of the molecule is NC(Cc1cccc(C(F)(F)F)c1)CC1CCS(=O)(=O)C1. The maximum Gasteiger partial charge on any atom is 0.416 e. The van der Waals surface area contributed by atoms with Crippen molar-refractivity contribution in [2.45, 2.75) is 31.5 Å². The molecule has 1 aliphatic heterocycles. The number of alkyl halides is 3. The van der Waals surface area contributed by atoms with E-state index in [9.17, 15) is 21.6 Å². The van der Waals surface area contributed by atoms with Crippen molar-refractivity contribution in [3.8, 4) is 0 Å². The molecule has 0 saturated carbocycles. The summed E-state index contributed by atoms with van der Waals surface area (Å²) in [6, 6.07) is 4.78. The van der Waals surface area contributed by atoms with Crippen molar-refractivity contribution in [1.29, 1.82) is 0 Å². The van der Waals surface area contributed by atoms with Crippen LogP contribution in [0.5, 0.6) is 0 Å². The summed E-state index contributed by atoms with van der Waals surface area (Å²) < 4.78 is 60.6. The Balaban J connectivity index is 1.95. The van der Waals surface area contributed by atoms with Crippen LogP contribution in [0.3, 0.4) is 0 Å². The zero-order chi connectivity index (χ0) is 15.7. The molecule has 1 saturated heterocycles. The van der Waals surface area contributed by atoms with E-state index in [4.69, 9.17) is 5.73 Å². The molecule has 1 aromatic carbocycles. The van der Waals surface area contributed by atoms with Crippen molar-refractivity contribution >= 4 is 9.84 Å². The van der Waals surface area contributed by atoms with Crippen molar-refractivity contribution < 1.29 is 21.6 Å². The topological polar surface area (TPSA) is 60.2 Å². The van der Waals surface area contributed by atoms with Crippen LogP contribution < -0.4 is 5.73 Å². The molecular formula is C14H18F3NO2S. The van der Waals surface area contributed by atoms with Gasteiger partial charge in [-0.15, -0.1) is 0 Å². The summed E-state index contributed by atoms with van der Waals surface area (Å²) in [7, 11) is -2.94. The van der Waals surface area contributed by atoms with E-state index in [1.165, 1.54) is 6.07 Å². The monoisotopic (exact) mass is 321 g/mol. The third-order valence-electron chi connectivity index (χ3n) is 3.72. The first-order valence-corrected chi connectivity index (χ1v) is 8.60. The Morgan fingerprint density at radius 3 is 2.62 bits per heavy atom. The van der Waals surface area contributed by atoms with Gasteiger partial charge in [-0.2, -0.15) is 13.2 Å².